The average Bonchev–Trinajstić information content (AvgIpc) is 2.46. The molecule has 2 aromatic rings. The van der Waals surface area contributed by atoms with Gasteiger partial charge in [0.05, 0.1) is 6.61 Å². The average molecular weight is 276 g/mol. The van der Waals surface area contributed by atoms with Gasteiger partial charge in [-0.3, -0.25) is 19.4 Å². The molecule has 1 aromatic heterocycles. The van der Waals surface area contributed by atoms with E-state index in [1.807, 2.05) is 0 Å². The Balaban J connectivity index is 2.24. The van der Waals surface area contributed by atoms with E-state index in [1.165, 1.54) is 12.4 Å². The number of aliphatic hydroxyl groups excluding tert-OH is 1. The number of carbonyl (C=O) groups excluding carboxylic acids is 1. The van der Waals surface area contributed by atoms with Crippen LogP contribution in [0.3, 0.4) is 0 Å². The molecule has 0 saturated heterocycles. The van der Waals surface area contributed by atoms with Crippen LogP contribution in [0.4, 0.5) is 17.1 Å². The van der Waals surface area contributed by atoms with Gasteiger partial charge >= 0.3 is 0 Å². The van der Waals surface area contributed by atoms with Crippen LogP contribution in [0.2, 0.25) is 0 Å². The molecule has 1 aromatic carbocycles. The SMILES string of the molecule is NC(=O)C(CO)Nc1c(Nc2ccncc2)c(=O)c1=O. The zero-order valence-electron chi connectivity index (χ0n) is 10.3. The summed E-state index contributed by atoms with van der Waals surface area (Å²) in [4.78, 5) is 37.8. The molecule has 1 unspecified atom stereocenters. The second-order valence-corrected chi connectivity index (χ2v) is 4.05. The second-order valence-electron chi connectivity index (χ2n) is 4.05. The van der Waals surface area contributed by atoms with E-state index < -0.39 is 29.4 Å². The summed E-state index contributed by atoms with van der Waals surface area (Å²) >= 11 is 0. The molecule has 0 spiro atoms. The first kappa shape index (κ1) is 13.7. The van der Waals surface area contributed by atoms with Crippen molar-refractivity contribution in [3.63, 3.8) is 0 Å². The van der Waals surface area contributed by atoms with Gasteiger partial charge in [-0.05, 0) is 12.1 Å². The molecule has 1 heterocycles. The van der Waals surface area contributed by atoms with Gasteiger partial charge in [0.2, 0.25) is 5.91 Å². The first-order chi connectivity index (χ1) is 9.54. The van der Waals surface area contributed by atoms with Crippen LogP contribution >= 0.6 is 0 Å². The number of aromatic nitrogens is 1. The van der Waals surface area contributed by atoms with Gasteiger partial charge in [0.25, 0.3) is 10.9 Å². The standard InChI is InChI=1S/C12H12N4O4/c13-12(20)7(5-17)16-9-8(10(18)11(9)19)15-6-1-3-14-4-2-6/h1-4,7,16-17H,5H2,(H2,13,20)(H,14,15). The first-order valence-electron chi connectivity index (χ1n) is 5.71. The minimum absolute atomic E-state index is 0.0286. The molecule has 0 radical (unpaired) electrons. The Morgan fingerprint density at radius 3 is 2.40 bits per heavy atom. The number of nitrogens with one attached hydrogen (secondary N) is 2. The monoisotopic (exact) mass is 276 g/mol. The summed E-state index contributed by atoms with van der Waals surface area (Å²) in [5, 5.41) is 14.2. The van der Waals surface area contributed by atoms with Crippen molar-refractivity contribution in [2.24, 2.45) is 5.73 Å². The number of amides is 1. The highest BCUT2D eigenvalue weighted by Crippen LogP contribution is 2.20. The summed E-state index contributed by atoms with van der Waals surface area (Å²) in [6.07, 6.45) is 3.03. The fourth-order valence-electron chi connectivity index (χ4n) is 1.61. The van der Waals surface area contributed by atoms with Crippen molar-refractivity contribution in [1.29, 1.82) is 0 Å². The molecule has 8 nitrogen and oxygen atoms in total. The van der Waals surface area contributed by atoms with Crippen LogP contribution in [0.1, 0.15) is 0 Å². The molecule has 0 bridgehead atoms. The molecule has 0 aliphatic rings. The molecule has 0 aliphatic carbocycles. The van der Waals surface area contributed by atoms with Crippen molar-refractivity contribution in [3.05, 3.63) is 45.0 Å². The van der Waals surface area contributed by atoms with Gasteiger partial charge in [-0.1, -0.05) is 0 Å². The summed E-state index contributed by atoms with van der Waals surface area (Å²) in [5.74, 6) is -0.824. The maximum absolute atomic E-state index is 11.5. The van der Waals surface area contributed by atoms with Gasteiger partial charge < -0.3 is 21.5 Å². The zero-order valence-corrected chi connectivity index (χ0v) is 10.3. The highest BCUT2D eigenvalue weighted by molar-refractivity contribution is 5.87. The van der Waals surface area contributed by atoms with Crippen LogP contribution in [-0.4, -0.2) is 28.6 Å². The Hall–Kier alpha value is -2.74. The normalized spacial score (nSPS) is 12.1. The molecular weight excluding hydrogens is 264 g/mol. The van der Waals surface area contributed by atoms with E-state index in [-0.39, 0.29) is 11.4 Å². The van der Waals surface area contributed by atoms with E-state index in [1.54, 1.807) is 12.1 Å². The van der Waals surface area contributed by atoms with Crippen molar-refractivity contribution in [1.82, 2.24) is 4.98 Å². The Morgan fingerprint density at radius 2 is 1.85 bits per heavy atom. The molecule has 104 valence electrons. The Bertz CT molecular complexity index is 691. The quantitative estimate of drug-likeness (QED) is 0.480. The molecular formula is C12H12N4O4. The third kappa shape index (κ3) is 2.50. The summed E-state index contributed by atoms with van der Waals surface area (Å²) in [5.41, 5.74) is 4.11. The highest BCUT2D eigenvalue weighted by Gasteiger charge is 2.25. The van der Waals surface area contributed by atoms with E-state index in [2.05, 4.69) is 15.6 Å². The topological polar surface area (TPSA) is 134 Å². The Labute approximate surface area is 113 Å². The second kappa shape index (κ2) is 5.49. The molecule has 5 N–H and O–H groups in total. The number of hydrogen-bond acceptors (Lipinski definition) is 7. The van der Waals surface area contributed by atoms with Gasteiger partial charge in [0, 0.05) is 18.1 Å². The van der Waals surface area contributed by atoms with Gasteiger partial charge in [-0.2, -0.15) is 0 Å². The van der Waals surface area contributed by atoms with Crippen LogP contribution in [0.5, 0.6) is 0 Å². The molecule has 8 heteroatoms. The number of anilines is 3. The zero-order chi connectivity index (χ0) is 14.7. The van der Waals surface area contributed by atoms with Crippen LogP contribution in [0, 0.1) is 0 Å². The Morgan fingerprint density at radius 1 is 1.25 bits per heavy atom. The predicted octanol–water partition coefficient (Wildman–Crippen LogP) is -1.32. The maximum atomic E-state index is 11.5. The lowest BCUT2D eigenvalue weighted by Gasteiger charge is -2.18. The molecule has 1 amide bonds. The largest absolute Gasteiger partial charge is 0.394 e. The van der Waals surface area contributed by atoms with Crippen molar-refractivity contribution in [2.75, 3.05) is 17.2 Å². The molecule has 1 atom stereocenters. The van der Waals surface area contributed by atoms with Crippen LogP contribution in [-0.2, 0) is 4.79 Å². The fourth-order valence-corrected chi connectivity index (χ4v) is 1.61. The molecule has 20 heavy (non-hydrogen) atoms. The fraction of sp³-hybridized carbons (Fsp3) is 0.167. The molecule has 0 fully saturated rings. The summed E-state index contributed by atoms with van der Waals surface area (Å²) in [7, 11) is 0. The van der Waals surface area contributed by atoms with E-state index in [4.69, 9.17) is 10.8 Å². The number of aliphatic hydroxyl groups is 1. The number of pyridine rings is 1. The number of carbonyl (C=O) groups is 1. The third-order valence-electron chi connectivity index (χ3n) is 2.70. The van der Waals surface area contributed by atoms with Crippen LogP contribution < -0.4 is 27.2 Å². The van der Waals surface area contributed by atoms with Gasteiger partial charge in [0.15, 0.2) is 0 Å². The summed E-state index contributed by atoms with van der Waals surface area (Å²) < 4.78 is 0. The summed E-state index contributed by atoms with van der Waals surface area (Å²) in [6.45, 7) is -0.581. The first-order valence-corrected chi connectivity index (χ1v) is 5.71. The van der Waals surface area contributed by atoms with E-state index in [0.29, 0.717) is 5.69 Å². The van der Waals surface area contributed by atoms with Crippen molar-refractivity contribution in [2.45, 2.75) is 6.04 Å². The van der Waals surface area contributed by atoms with E-state index in [0.717, 1.165) is 0 Å². The molecule has 2 rings (SSSR count). The van der Waals surface area contributed by atoms with Crippen molar-refractivity contribution in [3.8, 4) is 0 Å². The number of hydrogen-bond donors (Lipinski definition) is 4. The minimum Gasteiger partial charge on any atom is -0.394 e. The summed E-state index contributed by atoms with van der Waals surface area (Å²) in [6, 6.07) is 2.09. The van der Waals surface area contributed by atoms with Crippen molar-refractivity contribution >= 4 is 23.0 Å². The lowest BCUT2D eigenvalue weighted by Crippen LogP contribution is -2.44. The van der Waals surface area contributed by atoms with Gasteiger partial charge in [0.1, 0.15) is 17.4 Å². The van der Waals surface area contributed by atoms with E-state index in [9.17, 15) is 14.4 Å². The smallest absolute Gasteiger partial charge is 0.253 e. The number of rotatable bonds is 6. The van der Waals surface area contributed by atoms with Gasteiger partial charge in [-0.15, -0.1) is 0 Å². The third-order valence-corrected chi connectivity index (χ3v) is 2.70. The molecule has 0 aliphatic heterocycles. The van der Waals surface area contributed by atoms with Crippen molar-refractivity contribution < 1.29 is 9.90 Å². The van der Waals surface area contributed by atoms with E-state index >= 15 is 0 Å². The molecule has 0 saturated carbocycles. The minimum atomic E-state index is -1.13. The number of primary amides is 1. The number of nitrogens with zero attached hydrogens (tertiary/aromatic N) is 1. The lowest BCUT2D eigenvalue weighted by molar-refractivity contribution is -0.119. The Kier molecular flexibility index (Phi) is 3.76. The van der Waals surface area contributed by atoms with Crippen LogP contribution in [0.15, 0.2) is 34.1 Å². The number of nitrogens with two attached hydrogens (primary N) is 1. The maximum Gasteiger partial charge on any atom is 0.253 e. The van der Waals surface area contributed by atoms with Crippen LogP contribution in [0.25, 0.3) is 0 Å². The lowest BCUT2D eigenvalue weighted by atomic mass is 10.1. The highest BCUT2D eigenvalue weighted by atomic mass is 16.3. The predicted molar refractivity (Wildman–Crippen MR) is 72.6 cm³/mol. The van der Waals surface area contributed by atoms with Gasteiger partial charge in [-0.25, -0.2) is 0 Å².